The second-order valence-electron chi connectivity index (χ2n) is 7.57. The van der Waals surface area contributed by atoms with Gasteiger partial charge in [-0.05, 0) is 47.0 Å². The number of pyridine rings is 1. The van der Waals surface area contributed by atoms with Crippen molar-refractivity contribution in [2.75, 3.05) is 0 Å². The molecule has 4 rings (SSSR count). The fourth-order valence-electron chi connectivity index (χ4n) is 3.36. The van der Waals surface area contributed by atoms with Gasteiger partial charge in [0.1, 0.15) is 16.5 Å². The van der Waals surface area contributed by atoms with Crippen molar-refractivity contribution in [2.45, 2.75) is 26.2 Å². The van der Waals surface area contributed by atoms with Crippen molar-refractivity contribution < 1.29 is 9.18 Å². The summed E-state index contributed by atoms with van der Waals surface area (Å²) in [6.07, 6.45) is 3.41. The smallest absolute Gasteiger partial charge is 0.271 e. The molecule has 168 valence electrons. The molecule has 0 spiro atoms. The first kappa shape index (κ1) is 23.0. The molecule has 0 atom stereocenters. The van der Waals surface area contributed by atoms with Gasteiger partial charge in [0, 0.05) is 42.4 Å². The number of carbonyl (C=O) groups excluding carboxylic acids is 1. The first-order chi connectivity index (χ1) is 16.0. The molecular weight excluding hydrogens is 459 g/mol. The van der Waals surface area contributed by atoms with Crippen LogP contribution in [0, 0.1) is 5.82 Å². The molecule has 0 fully saturated rings. The summed E-state index contributed by atoms with van der Waals surface area (Å²) in [5.41, 5.74) is 3.37. The van der Waals surface area contributed by atoms with E-state index in [1.165, 1.54) is 23.5 Å². The van der Waals surface area contributed by atoms with Crippen LogP contribution in [-0.2, 0) is 26.2 Å². The van der Waals surface area contributed by atoms with Gasteiger partial charge in [0.25, 0.3) is 5.91 Å². The third kappa shape index (κ3) is 6.92. The fraction of sp³-hybridized carbons (Fsp3) is 0.160. The standard InChI is InChI=1S/C25H22ClFN4OS/c26-21-5-1-3-19(11-21)15-31(14-18-6-8-22(27)9-7-18)16-24-30-23(17-33-24)25(32)29-13-20-4-2-10-28-12-20/h1-12,17H,13-16H2,(H,29,32). The van der Waals surface area contributed by atoms with E-state index < -0.39 is 0 Å². The number of halogens is 2. The van der Waals surface area contributed by atoms with E-state index in [1.54, 1.807) is 29.9 Å². The molecule has 2 heterocycles. The minimum absolute atomic E-state index is 0.221. The fourth-order valence-corrected chi connectivity index (χ4v) is 4.39. The molecule has 0 saturated carbocycles. The molecular formula is C25H22ClFN4OS. The van der Waals surface area contributed by atoms with Gasteiger partial charge in [-0.1, -0.05) is 41.9 Å². The molecule has 0 radical (unpaired) electrons. The Hall–Kier alpha value is -3.13. The molecule has 5 nitrogen and oxygen atoms in total. The summed E-state index contributed by atoms with van der Waals surface area (Å²) in [5, 5.41) is 6.14. The topological polar surface area (TPSA) is 58.1 Å². The number of benzene rings is 2. The van der Waals surface area contributed by atoms with Crippen molar-refractivity contribution in [3.05, 3.63) is 117 Å². The number of rotatable bonds is 9. The highest BCUT2D eigenvalue weighted by atomic mass is 35.5. The van der Waals surface area contributed by atoms with Crippen LogP contribution in [-0.4, -0.2) is 20.8 Å². The number of nitrogens with one attached hydrogen (secondary N) is 1. The van der Waals surface area contributed by atoms with Crippen molar-refractivity contribution in [3.63, 3.8) is 0 Å². The van der Waals surface area contributed by atoms with Crippen LogP contribution in [0.3, 0.4) is 0 Å². The Bertz CT molecular complexity index is 1200. The molecule has 1 N–H and O–H groups in total. The Labute approximate surface area is 200 Å². The summed E-state index contributed by atoms with van der Waals surface area (Å²) < 4.78 is 13.3. The Balaban J connectivity index is 1.44. The molecule has 0 aliphatic heterocycles. The lowest BCUT2D eigenvalue weighted by Crippen LogP contribution is -2.24. The maximum absolute atomic E-state index is 13.3. The lowest BCUT2D eigenvalue weighted by Gasteiger charge is -2.21. The molecule has 8 heteroatoms. The Morgan fingerprint density at radius 1 is 1.00 bits per heavy atom. The maximum Gasteiger partial charge on any atom is 0.271 e. The third-order valence-corrected chi connectivity index (χ3v) is 6.00. The Morgan fingerprint density at radius 3 is 2.55 bits per heavy atom. The quantitative estimate of drug-likeness (QED) is 0.345. The largest absolute Gasteiger partial charge is 0.347 e. The number of hydrogen-bond donors (Lipinski definition) is 1. The van der Waals surface area contributed by atoms with Crippen molar-refractivity contribution in [3.8, 4) is 0 Å². The molecule has 0 aliphatic carbocycles. The molecule has 33 heavy (non-hydrogen) atoms. The number of carbonyl (C=O) groups is 1. The monoisotopic (exact) mass is 480 g/mol. The van der Waals surface area contributed by atoms with Crippen LogP contribution in [0.2, 0.25) is 5.02 Å². The second-order valence-corrected chi connectivity index (χ2v) is 8.95. The lowest BCUT2D eigenvalue weighted by atomic mass is 10.1. The van der Waals surface area contributed by atoms with E-state index in [9.17, 15) is 9.18 Å². The Kier molecular flexibility index (Phi) is 7.78. The van der Waals surface area contributed by atoms with Gasteiger partial charge in [-0.25, -0.2) is 9.37 Å². The summed E-state index contributed by atoms with van der Waals surface area (Å²) in [4.78, 5) is 23.3. The van der Waals surface area contributed by atoms with Crippen LogP contribution in [0.5, 0.6) is 0 Å². The van der Waals surface area contributed by atoms with Gasteiger partial charge in [0.2, 0.25) is 0 Å². The number of aromatic nitrogens is 2. The van der Waals surface area contributed by atoms with Crippen LogP contribution < -0.4 is 5.32 Å². The molecule has 0 saturated heterocycles. The van der Waals surface area contributed by atoms with Gasteiger partial charge in [-0.3, -0.25) is 14.7 Å². The molecule has 4 aromatic rings. The van der Waals surface area contributed by atoms with Crippen LogP contribution >= 0.6 is 22.9 Å². The Morgan fingerprint density at radius 2 is 1.79 bits per heavy atom. The molecule has 1 amide bonds. The van der Waals surface area contributed by atoms with Crippen LogP contribution in [0.1, 0.15) is 32.2 Å². The van der Waals surface area contributed by atoms with Crippen molar-refractivity contribution >= 4 is 28.8 Å². The van der Waals surface area contributed by atoms with E-state index >= 15 is 0 Å². The zero-order valence-corrected chi connectivity index (χ0v) is 19.3. The summed E-state index contributed by atoms with van der Waals surface area (Å²) >= 11 is 7.60. The average molecular weight is 481 g/mol. The van der Waals surface area contributed by atoms with E-state index in [0.29, 0.717) is 36.9 Å². The molecule has 2 aromatic heterocycles. The lowest BCUT2D eigenvalue weighted by molar-refractivity contribution is 0.0946. The predicted octanol–water partition coefficient (Wildman–Crippen LogP) is 5.46. The number of hydrogen-bond acceptors (Lipinski definition) is 5. The third-order valence-electron chi connectivity index (χ3n) is 4.93. The van der Waals surface area contributed by atoms with Crippen molar-refractivity contribution in [1.29, 1.82) is 0 Å². The number of amides is 1. The predicted molar refractivity (Wildman–Crippen MR) is 128 cm³/mol. The molecule has 0 aliphatic rings. The van der Waals surface area contributed by atoms with Crippen LogP contribution in [0.4, 0.5) is 4.39 Å². The molecule has 0 unspecified atom stereocenters. The van der Waals surface area contributed by atoms with E-state index in [2.05, 4.69) is 20.2 Å². The minimum Gasteiger partial charge on any atom is -0.347 e. The zero-order chi connectivity index (χ0) is 23.0. The summed E-state index contributed by atoms with van der Waals surface area (Å²) in [6, 6.07) is 17.9. The van der Waals surface area contributed by atoms with E-state index in [0.717, 1.165) is 21.7 Å². The summed E-state index contributed by atoms with van der Waals surface area (Å²) in [5.74, 6) is -0.483. The molecule has 2 aromatic carbocycles. The van der Waals surface area contributed by atoms with Gasteiger partial charge in [-0.15, -0.1) is 11.3 Å². The van der Waals surface area contributed by atoms with Crippen molar-refractivity contribution in [2.24, 2.45) is 0 Å². The van der Waals surface area contributed by atoms with Gasteiger partial charge in [0.05, 0.1) is 6.54 Å². The highest BCUT2D eigenvalue weighted by Crippen LogP contribution is 2.19. The van der Waals surface area contributed by atoms with E-state index in [4.69, 9.17) is 11.6 Å². The first-order valence-corrected chi connectivity index (χ1v) is 11.6. The van der Waals surface area contributed by atoms with Gasteiger partial charge >= 0.3 is 0 Å². The number of thiazole rings is 1. The minimum atomic E-state index is -0.262. The van der Waals surface area contributed by atoms with Crippen molar-refractivity contribution in [1.82, 2.24) is 20.2 Å². The van der Waals surface area contributed by atoms with Gasteiger partial charge in [-0.2, -0.15) is 0 Å². The second kappa shape index (κ2) is 11.1. The number of nitrogens with zero attached hydrogens (tertiary/aromatic N) is 3. The zero-order valence-electron chi connectivity index (χ0n) is 17.7. The van der Waals surface area contributed by atoms with Crippen LogP contribution in [0.15, 0.2) is 78.4 Å². The first-order valence-electron chi connectivity index (χ1n) is 10.4. The highest BCUT2D eigenvalue weighted by molar-refractivity contribution is 7.09. The van der Waals surface area contributed by atoms with Crippen LogP contribution in [0.25, 0.3) is 0 Å². The summed E-state index contributed by atoms with van der Waals surface area (Å²) in [7, 11) is 0. The highest BCUT2D eigenvalue weighted by Gasteiger charge is 2.15. The van der Waals surface area contributed by atoms with E-state index in [-0.39, 0.29) is 11.7 Å². The molecule has 0 bridgehead atoms. The summed E-state index contributed by atoms with van der Waals surface area (Å²) in [6.45, 7) is 2.18. The van der Waals surface area contributed by atoms with Gasteiger partial charge in [0.15, 0.2) is 0 Å². The normalized spacial score (nSPS) is 11.0. The van der Waals surface area contributed by atoms with Gasteiger partial charge < -0.3 is 5.32 Å². The maximum atomic E-state index is 13.3. The SMILES string of the molecule is O=C(NCc1cccnc1)c1csc(CN(Cc2ccc(F)cc2)Cc2cccc(Cl)c2)n1. The van der Waals surface area contributed by atoms with E-state index in [1.807, 2.05) is 36.4 Å². The average Bonchev–Trinajstić information content (AvgIpc) is 3.28.